The molecule has 27 heavy (non-hydrogen) atoms. The van der Waals surface area contributed by atoms with Crippen molar-refractivity contribution in [1.82, 2.24) is 5.32 Å². The van der Waals surface area contributed by atoms with E-state index in [-0.39, 0.29) is 18.6 Å². The lowest BCUT2D eigenvalue weighted by Crippen LogP contribution is -2.31. The molecule has 2 aromatic carbocycles. The topological polar surface area (TPSA) is 73.9 Å². The molecule has 0 saturated carbocycles. The summed E-state index contributed by atoms with van der Waals surface area (Å²) in [5.41, 5.74) is 1.06. The fourth-order valence-electron chi connectivity index (χ4n) is 2.39. The van der Waals surface area contributed by atoms with Crippen molar-refractivity contribution in [2.75, 3.05) is 20.8 Å². The first-order valence-corrected chi connectivity index (χ1v) is 8.74. The zero-order valence-electron chi connectivity index (χ0n) is 15.0. The zero-order valence-corrected chi connectivity index (χ0v) is 16.6. The predicted octanol–water partition coefficient (Wildman–Crippen LogP) is 4.04. The van der Waals surface area contributed by atoms with Crippen LogP contribution in [-0.4, -0.2) is 32.7 Å². The molecule has 0 aliphatic carbocycles. The van der Waals surface area contributed by atoms with Crippen molar-refractivity contribution < 1.29 is 23.8 Å². The number of esters is 1. The number of hydrogen-bond acceptors (Lipinski definition) is 5. The van der Waals surface area contributed by atoms with Crippen LogP contribution in [0, 0.1) is 0 Å². The second kappa shape index (κ2) is 9.48. The number of carbonyl (C=O) groups is 2. The van der Waals surface area contributed by atoms with Gasteiger partial charge in [0, 0.05) is 10.0 Å². The molecule has 0 aromatic heterocycles. The Kier molecular flexibility index (Phi) is 7.33. The predicted molar refractivity (Wildman–Crippen MR) is 103 cm³/mol. The minimum absolute atomic E-state index is 0.233. The number of amides is 1. The van der Waals surface area contributed by atoms with E-state index in [1.807, 2.05) is 0 Å². The van der Waals surface area contributed by atoms with Gasteiger partial charge in [-0.3, -0.25) is 4.79 Å². The van der Waals surface area contributed by atoms with Gasteiger partial charge in [0.15, 0.2) is 18.1 Å². The van der Waals surface area contributed by atoms with Crippen molar-refractivity contribution in [3.8, 4) is 11.5 Å². The summed E-state index contributed by atoms with van der Waals surface area (Å²) in [5.74, 6) is -0.184. The monoisotopic (exact) mass is 411 g/mol. The fourth-order valence-corrected chi connectivity index (χ4v) is 2.96. The first kappa shape index (κ1) is 20.9. The van der Waals surface area contributed by atoms with Gasteiger partial charge in [-0.2, -0.15) is 0 Å². The summed E-state index contributed by atoms with van der Waals surface area (Å²) in [4.78, 5) is 23.7. The summed E-state index contributed by atoms with van der Waals surface area (Å²) in [5, 5.41) is 3.79. The Morgan fingerprint density at radius 2 is 1.81 bits per heavy atom. The molecular formula is C19H19Cl2NO5. The van der Waals surface area contributed by atoms with Gasteiger partial charge in [0.1, 0.15) is 0 Å². The molecule has 1 amide bonds. The van der Waals surface area contributed by atoms with Crippen LogP contribution in [0.1, 0.15) is 28.9 Å². The van der Waals surface area contributed by atoms with Crippen LogP contribution in [0.3, 0.4) is 0 Å². The SMILES string of the molecule is COC(=O)c1ccc(OCC(=O)N[C@H](C)c2ccc(Cl)cc2Cl)c(OC)c1. The second-order valence-corrected chi connectivity index (χ2v) is 6.44. The van der Waals surface area contributed by atoms with Crippen LogP contribution in [0.15, 0.2) is 36.4 Å². The lowest BCUT2D eigenvalue weighted by molar-refractivity contribution is -0.123. The summed E-state index contributed by atoms with van der Waals surface area (Å²) in [6.45, 7) is 1.57. The standard InChI is InChI=1S/C19H19Cl2NO5/c1-11(14-6-5-13(20)9-15(14)21)22-18(23)10-27-16-7-4-12(19(24)26-3)8-17(16)25-2/h4-9,11H,10H2,1-3H3,(H,22,23)/t11-/m1/s1. The lowest BCUT2D eigenvalue weighted by atomic mass is 10.1. The molecule has 0 unspecified atom stereocenters. The van der Waals surface area contributed by atoms with E-state index in [4.69, 9.17) is 32.7 Å². The number of nitrogens with one attached hydrogen (secondary N) is 1. The van der Waals surface area contributed by atoms with Crippen LogP contribution in [0.4, 0.5) is 0 Å². The molecule has 0 fully saturated rings. The Bertz CT molecular complexity index is 841. The van der Waals surface area contributed by atoms with Gasteiger partial charge < -0.3 is 19.5 Å². The van der Waals surface area contributed by atoms with Gasteiger partial charge in [0.05, 0.1) is 25.8 Å². The Morgan fingerprint density at radius 3 is 2.44 bits per heavy atom. The minimum atomic E-state index is -0.494. The average Bonchev–Trinajstić information content (AvgIpc) is 2.65. The van der Waals surface area contributed by atoms with Crippen molar-refractivity contribution in [3.63, 3.8) is 0 Å². The first-order chi connectivity index (χ1) is 12.8. The maximum absolute atomic E-state index is 12.2. The molecule has 0 saturated heterocycles. The highest BCUT2D eigenvalue weighted by molar-refractivity contribution is 6.35. The van der Waals surface area contributed by atoms with E-state index in [0.717, 1.165) is 5.56 Å². The van der Waals surface area contributed by atoms with Crippen LogP contribution in [0.2, 0.25) is 10.0 Å². The maximum Gasteiger partial charge on any atom is 0.337 e. The number of hydrogen-bond donors (Lipinski definition) is 1. The van der Waals surface area contributed by atoms with E-state index in [0.29, 0.717) is 27.1 Å². The van der Waals surface area contributed by atoms with E-state index in [2.05, 4.69) is 10.1 Å². The summed E-state index contributed by atoms with van der Waals surface area (Å²) >= 11 is 12.0. The van der Waals surface area contributed by atoms with Crippen molar-refractivity contribution in [2.24, 2.45) is 0 Å². The highest BCUT2D eigenvalue weighted by Gasteiger charge is 2.15. The normalized spacial score (nSPS) is 11.4. The van der Waals surface area contributed by atoms with Crippen molar-refractivity contribution in [2.45, 2.75) is 13.0 Å². The van der Waals surface area contributed by atoms with Crippen molar-refractivity contribution >= 4 is 35.1 Å². The third-order valence-electron chi connectivity index (χ3n) is 3.75. The van der Waals surface area contributed by atoms with Crippen LogP contribution < -0.4 is 14.8 Å². The summed E-state index contributed by atoms with van der Waals surface area (Å²) in [7, 11) is 2.73. The molecule has 2 aromatic rings. The van der Waals surface area contributed by atoms with Crippen LogP contribution in [-0.2, 0) is 9.53 Å². The van der Waals surface area contributed by atoms with Gasteiger partial charge in [-0.05, 0) is 42.8 Å². The molecule has 0 aliphatic heterocycles. The van der Waals surface area contributed by atoms with E-state index in [1.54, 1.807) is 25.1 Å². The number of ether oxygens (including phenoxy) is 3. The third-order valence-corrected chi connectivity index (χ3v) is 4.31. The molecule has 144 valence electrons. The summed E-state index contributed by atoms with van der Waals surface area (Å²) in [6.07, 6.45) is 0. The van der Waals surface area contributed by atoms with Gasteiger partial charge in [-0.25, -0.2) is 4.79 Å². The molecular weight excluding hydrogens is 393 g/mol. The number of carbonyl (C=O) groups excluding carboxylic acids is 2. The second-order valence-electron chi connectivity index (χ2n) is 5.60. The molecule has 2 rings (SSSR count). The van der Waals surface area contributed by atoms with Gasteiger partial charge in [-0.15, -0.1) is 0 Å². The third kappa shape index (κ3) is 5.52. The summed E-state index contributed by atoms with van der Waals surface area (Å²) < 4.78 is 15.4. The van der Waals surface area contributed by atoms with Gasteiger partial charge in [-0.1, -0.05) is 29.3 Å². The van der Waals surface area contributed by atoms with Crippen LogP contribution in [0.25, 0.3) is 0 Å². The molecule has 1 N–H and O–H groups in total. The fraction of sp³-hybridized carbons (Fsp3) is 0.263. The van der Waals surface area contributed by atoms with Crippen LogP contribution >= 0.6 is 23.2 Å². The molecule has 0 spiro atoms. The Balaban J connectivity index is 1.99. The van der Waals surface area contributed by atoms with Crippen molar-refractivity contribution in [3.05, 3.63) is 57.6 Å². The zero-order chi connectivity index (χ0) is 20.0. The smallest absolute Gasteiger partial charge is 0.337 e. The molecule has 1 atom stereocenters. The van der Waals surface area contributed by atoms with E-state index < -0.39 is 5.97 Å². The van der Waals surface area contributed by atoms with Gasteiger partial charge in [0.2, 0.25) is 0 Å². The molecule has 0 heterocycles. The number of halogens is 2. The quantitative estimate of drug-likeness (QED) is 0.695. The van der Waals surface area contributed by atoms with Gasteiger partial charge in [0.25, 0.3) is 5.91 Å². The Hall–Kier alpha value is -2.44. The van der Waals surface area contributed by atoms with E-state index >= 15 is 0 Å². The number of methoxy groups -OCH3 is 2. The molecule has 0 aliphatic rings. The van der Waals surface area contributed by atoms with E-state index in [9.17, 15) is 9.59 Å². The number of rotatable bonds is 7. The minimum Gasteiger partial charge on any atom is -0.493 e. The highest BCUT2D eigenvalue weighted by atomic mass is 35.5. The largest absolute Gasteiger partial charge is 0.493 e. The van der Waals surface area contributed by atoms with Crippen LogP contribution in [0.5, 0.6) is 11.5 Å². The Morgan fingerprint density at radius 1 is 1.07 bits per heavy atom. The molecule has 6 nitrogen and oxygen atoms in total. The maximum atomic E-state index is 12.2. The number of benzene rings is 2. The molecule has 0 radical (unpaired) electrons. The molecule has 0 bridgehead atoms. The molecule has 8 heteroatoms. The average molecular weight is 412 g/mol. The summed E-state index contributed by atoms with van der Waals surface area (Å²) in [6, 6.07) is 9.30. The van der Waals surface area contributed by atoms with Crippen molar-refractivity contribution in [1.29, 1.82) is 0 Å². The van der Waals surface area contributed by atoms with E-state index in [1.165, 1.54) is 32.4 Å². The van der Waals surface area contributed by atoms with Gasteiger partial charge >= 0.3 is 5.97 Å². The highest BCUT2D eigenvalue weighted by Crippen LogP contribution is 2.29. The lowest BCUT2D eigenvalue weighted by Gasteiger charge is -2.17. The first-order valence-electron chi connectivity index (χ1n) is 7.99. The Labute approximate surface area is 167 Å².